The number of pyridine rings is 1. The average molecular weight is 162 g/mol. The highest BCUT2D eigenvalue weighted by atomic mass is 16.1. The molecule has 0 spiro atoms. The number of rotatable bonds is 1. The van der Waals surface area contributed by atoms with Crippen LogP contribution in [0.3, 0.4) is 0 Å². The summed E-state index contributed by atoms with van der Waals surface area (Å²) in [4.78, 5) is 15.1. The molecule has 3 nitrogen and oxygen atoms in total. The summed E-state index contributed by atoms with van der Waals surface area (Å²) in [7, 11) is 0. The minimum absolute atomic E-state index is 0.103. The molecule has 1 aromatic rings. The molecule has 1 aliphatic carbocycles. The summed E-state index contributed by atoms with van der Waals surface area (Å²) >= 11 is 0. The fourth-order valence-electron chi connectivity index (χ4n) is 1.71. The third kappa shape index (κ3) is 0.978. The maximum atomic E-state index is 11.0. The van der Waals surface area contributed by atoms with Gasteiger partial charge < -0.3 is 5.73 Å². The van der Waals surface area contributed by atoms with Crippen LogP contribution in [0.4, 0.5) is 0 Å². The first kappa shape index (κ1) is 7.28. The molecule has 0 saturated heterocycles. The quantitative estimate of drug-likeness (QED) is 0.657. The highest BCUT2D eigenvalue weighted by molar-refractivity contribution is 5.83. The Bertz CT molecular complexity index is 322. The SMILES string of the molecule is NC(=O)[C@@H]1CCc2ncccc21. The Morgan fingerprint density at radius 1 is 1.67 bits per heavy atom. The number of carbonyl (C=O) groups is 1. The van der Waals surface area contributed by atoms with Crippen molar-refractivity contribution in [2.24, 2.45) is 5.73 Å². The Kier molecular flexibility index (Phi) is 1.57. The van der Waals surface area contributed by atoms with Crippen LogP contribution in [-0.4, -0.2) is 10.9 Å². The molecule has 62 valence electrons. The number of aryl methyl sites for hydroxylation is 1. The van der Waals surface area contributed by atoms with Crippen molar-refractivity contribution >= 4 is 5.91 Å². The molecule has 1 aliphatic rings. The van der Waals surface area contributed by atoms with Gasteiger partial charge in [-0.3, -0.25) is 9.78 Å². The highest BCUT2D eigenvalue weighted by Gasteiger charge is 2.26. The van der Waals surface area contributed by atoms with E-state index in [-0.39, 0.29) is 11.8 Å². The van der Waals surface area contributed by atoms with Crippen molar-refractivity contribution in [3.63, 3.8) is 0 Å². The summed E-state index contributed by atoms with van der Waals surface area (Å²) in [5.41, 5.74) is 7.29. The Morgan fingerprint density at radius 2 is 2.50 bits per heavy atom. The molecule has 1 atom stereocenters. The Hall–Kier alpha value is -1.38. The van der Waals surface area contributed by atoms with Crippen LogP contribution in [0.5, 0.6) is 0 Å². The lowest BCUT2D eigenvalue weighted by molar-refractivity contribution is -0.119. The zero-order valence-corrected chi connectivity index (χ0v) is 6.66. The third-order valence-electron chi connectivity index (χ3n) is 2.31. The molecule has 0 aromatic carbocycles. The van der Waals surface area contributed by atoms with E-state index in [4.69, 9.17) is 5.73 Å². The van der Waals surface area contributed by atoms with E-state index in [0.717, 1.165) is 24.1 Å². The standard InChI is InChI=1S/C9H10N2O/c10-9(12)7-3-4-8-6(7)2-1-5-11-8/h1-2,5,7H,3-4H2,(H2,10,12)/t7-/m1/s1. The predicted molar refractivity (Wildman–Crippen MR) is 44.5 cm³/mol. The van der Waals surface area contributed by atoms with Crippen LogP contribution >= 0.6 is 0 Å². The maximum absolute atomic E-state index is 11.0. The number of carbonyl (C=O) groups excluding carboxylic acids is 1. The Labute approximate surface area is 70.6 Å². The van der Waals surface area contributed by atoms with Gasteiger partial charge in [-0.15, -0.1) is 0 Å². The lowest BCUT2D eigenvalue weighted by Gasteiger charge is -2.04. The normalized spacial score (nSPS) is 20.5. The number of primary amides is 1. The van der Waals surface area contributed by atoms with E-state index in [2.05, 4.69) is 4.98 Å². The molecule has 1 aromatic heterocycles. The predicted octanol–water partition coefficient (Wildman–Crippen LogP) is 0.597. The summed E-state index contributed by atoms with van der Waals surface area (Å²) in [6.45, 7) is 0. The summed E-state index contributed by atoms with van der Waals surface area (Å²) in [6, 6.07) is 3.78. The minimum Gasteiger partial charge on any atom is -0.369 e. The van der Waals surface area contributed by atoms with Gasteiger partial charge in [0.05, 0.1) is 5.92 Å². The largest absolute Gasteiger partial charge is 0.369 e. The van der Waals surface area contributed by atoms with Gasteiger partial charge in [0.25, 0.3) is 0 Å². The van der Waals surface area contributed by atoms with Crippen molar-refractivity contribution in [3.8, 4) is 0 Å². The topological polar surface area (TPSA) is 56.0 Å². The number of nitrogens with zero attached hydrogens (tertiary/aromatic N) is 1. The molecule has 0 bridgehead atoms. The van der Waals surface area contributed by atoms with E-state index < -0.39 is 0 Å². The van der Waals surface area contributed by atoms with Gasteiger partial charge in [0.2, 0.25) is 5.91 Å². The molecule has 0 unspecified atom stereocenters. The minimum atomic E-state index is -0.234. The Morgan fingerprint density at radius 3 is 3.25 bits per heavy atom. The summed E-state index contributed by atoms with van der Waals surface area (Å²) in [5, 5.41) is 0. The van der Waals surface area contributed by atoms with E-state index in [1.54, 1.807) is 6.20 Å². The first-order valence-corrected chi connectivity index (χ1v) is 4.02. The van der Waals surface area contributed by atoms with E-state index in [1.165, 1.54) is 0 Å². The van der Waals surface area contributed by atoms with Crippen molar-refractivity contribution in [1.82, 2.24) is 4.98 Å². The number of nitrogens with two attached hydrogens (primary N) is 1. The molecule has 0 radical (unpaired) electrons. The van der Waals surface area contributed by atoms with Gasteiger partial charge in [0.1, 0.15) is 0 Å². The molecule has 0 aliphatic heterocycles. The highest BCUT2D eigenvalue weighted by Crippen LogP contribution is 2.30. The van der Waals surface area contributed by atoms with Gasteiger partial charge in [0, 0.05) is 11.9 Å². The molecule has 0 fully saturated rings. The van der Waals surface area contributed by atoms with E-state index >= 15 is 0 Å². The summed E-state index contributed by atoms with van der Waals surface area (Å²) in [6.07, 6.45) is 3.45. The molecule has 2 rings (SSSR count). The third-order valence-corrected chi connectivity index (χ3v) is 2.31. The van der Waals surface area contributed by atoms with Crippen LogP contribution in [0.15, 0.2) is 18.3 Å². The molecule has 2 N–H and O–H groups in total. The number of hydrogen-bond donors (Lipinski definition) is 1. The lowest BCUT2D eigenvalue weighted by Crippen LogP contribution is -2.19. The van der Waals surface area contributed by atoms with Crippen LogP contribution in [0.1, 0.15) is 23.6 Å². The maximum Gasteiger partial charge on any atom is 0.225 e. The first-order valence-electron chi connectivity index (χ1n) is 4.02. The van der Waals surface area contributed by atoms with Crippen molar-refractivity contribution in [2.75, 3.05) is 0 Å². The molecule has 1 amide bonds. The van der Waals surface area contributed by atoms with Crippen molar-refractivity contribution in [3.05, 3.63) is 29.6 Å². The molecular weight excluding hydrogens is 152 g/mol. The van der Waals surface area contributed by atoms with Gasteiger partial charge in [-0.05, 0) is 24.5 Å². The number of amides is 1. The molecular formula is C9H10N2O. The number of hydrogen-bond acceptors (Lipinski definition) is 2. The van der Waals surface area contributed by atoms with Crippen LogP contribution in [0, 0.1) is 0 Å². The van der Waals surface area contributed by atoms with Crippen LogP contribution in [0.2, 0.25) is 0 Å². The molecule has 12 heavy (non-hydrogen) atoms. The van der Waals surface area contributed by atoms with Gasteiger partial charge in [-0.25, -0.2) is 0 Å². The van der Waals surface area contributed by atoms with Gasteiger partial charge in [-0.1, -0.05) is 6.07 Å². The number of aromatic nitrogens is 1. The smallest absolute Gasteiger partial charge is 0.225 e. The lowest BCUT2D eigenvalue weighted by atomic mass is 10.0. The summed E-state index contributed by atoms with van der Waals surface area (Å²) < 4.78 is 0. The van der Waals surface area contributed by atoms with E-state index in [0.29, 0.717) is 0 Å². The number of fused-ring (bicyclic) bond motifs is 1. The second-order valence-electron chi connectivity index (χ2n) is 3.03. The van der Waals surface area contributed by atoms with Crippen molar-refractivity contribution in [1.29, 1.82) is 0 Å². The zero-order valence-electron chi connectivity index (χ0n) is 6.66. The second kappa shape index (κ2) is 2.59. The van der Waals surface area contributed by atoms with Gasteiger partial charge in [-0.2, -0.15) is 0 Å². The average Bonchev–Trinajstić information content (AvgIpc) is 2.47. The zero-order chi connectivity index (χ0) is 8.55. The van der Waals surface area contributed by atoms with E-state index in [9.17, 15) is 4.79 Å². The van der Waals surface area contributed by atoms with Crippen LogP contribution in [0.25, 0.3) is 0 Å². The molecule has 3 heteroatoms. The molecule has 1 heterocycles. The summed E-state index contributed by atoms with van der Waals surface area (Å²) in [5.74, 6) is -0.338. The first-order chi connectivity index (χ1) is 5.79. The van der Waals surface area contributed by atoms with E-state index in [1.807, 2.05) is 12.1 Å². The fourth-order valence-corrected chi connectivity index (χ4v) is 1.71. The Balaban J connectivity index is 2.42. The molecule has 0 saturated carbocycles. The fraction of sp³-hybridized carbons (Fsp3) is 0.333. The van der Waals surface area contributed by atoms with Crippen molar-refractivity contribution < 1.29 is 4.79 Å². The monoisotopic (exact) mass is 162 g/mol. The van der Waals surface area contributed by atoms with Gasteiger partial charge in [0.15, 0.2) is 0 Å². The van der Waals surface area contributed by atoms with Crippen LogP contribution in [-0.2, 0) is 11.2 Å². The van der Waals surface area contributed by atoms with Crippen molar-refractivity contribution in [2.45, 2.75) is 18.8 Å². The second-order valence-corrected chi connectivity index (χ2v) is 3.03. The van der Waals surface area contributed by atoms with Crippen LogP contribution < -0.4 is 5.73 Å². The van der Waals surface area contributed by atoms with Gasteiger partial charge >= 0.3 is 0 Å².